The Labute approximate surface area is 479 Å². The van der Waals surface area contributed by atoms with E-state index in [1.54, 1.807) is 0 Å². The number of rotatable bonds is 8. The first kappa shape index (κ1) is 49.9. The summed E-state index contributed by atoms with van der Waals surface area (Å²) in [4.78, 5) is 4.81. The number of furan rings is 3. The van der Waals surface area contributed by atoms with Crippen molar-refractivity contribution in [2.75, 3.05) is 9.80 Å². The molecule has 9 aromatic carbocycles. The van der Waals surface area contributed by atoms with E-state index in [0.717, 1.165) is 132 Å². The van der Waals surface area contributed by atoms with Gasteiger partial charge in [-0.2, -0.15) is 0 Å². The predicted molar refractivity (Wildman–Crippen MR) is 346 cm³/mol. The van der Waals surface area contributed by atoms with Gasteiger partial charge in [-0.05, 0) is 208 Å². The van der Waals surface area contributed by atoms with Gasteiger partial charge in [0.05, 0.1) is 0 Å². The third kappa shape index (κ3) is 8.59. The maximum Gasteiger partial charge on any atom is 0.137 e. The molecule has 15 rings (SSSR count). The lowest BCUT2D eigenvalue weighted by molar-refractivity contribution is 0.294. The van der Waals surface area contributed by atoms with Crippen LogP contribution in [-0.2, 0) is 11.8 Å². The highest BCUT2D eigenvalue weighted by molar-refractivity contribution is 6.15. The molecule has 0 N–H and O–H groups in total. The molecule has 402 valence electrons. The zero-order chi connectivity index (χ0) is 55.6. The number of para-hydroxylation sites is 1. The molecule has 0 bridgehead atoms. The molecular formula is C77H66N2O3. The molecule has 1 atom stereocenters. The van der Waals surface area contributed by atoms with Crippen molar-refractivity contribution in [3.63, 3.8) is 0 Å². The van der Waals surface area contributed by atoms with Gasteiger partial charge in [-0.15, -0.1) is 0 Å². The van der Waals surface area contributed by atoms with E-state index in [2.05, 4.69) is 259 Å². The van der Waals surface area contributed by atoms with Crippen LogP contribution in [0.15, 0.2) is 219 Å². The fourth-order valence-corrected chi connectivity index (χ4v) is 13.2. The summed E-state index contributed by atoms with van der Waals surface area (Å²) in [6, 6.07) is 60.5. The lowest BCUT2D eigenvalue weighted by Gasteiger charge is -2.30. The van der Waals surface area contributed by atoms with Gasteiger partial charge in [0, 0.05) is 78.8 Å². The molecule has 1 unspecified atom stereocenters. The van der Waals surface area contributed by atoms with E-state index < -0.39 is 0 Å². The Kier molecular flexibility index (Phi) is 11.6. The molecule has 82 heavy (non-hydrogen) atoms. The van der Waals surface area contributed by atoms with Crippen molar-refractivity contribution in [1.82, 2.24) is 0 Å². The minimum Gasteiger partial charge on any atom is -0.456 e. The van der Waals surface area contributed by atoms with Gasteiger partial charge in [0.25, 0.3) is 0 Å². The molecule has 0 amide bonds. The topological polar surface area (TPSA) is 45.9 Å². The predicted octanol–water partition coefficient (Wildman–Crippen LogP) is 22.5. The van der Waals surface area contributed by atoms with Crippen LogP contribution in [0.2, 0.25) is 0 Å². The summed E-state index contributed by atoms with van der Waals surface area (Å²) < 4.78 is 20.0. The summed E-state index contributed by atoms with van der Waals surface area (Å²) >= 11 is 0. The minimum atomic E-state index is 0.111. The molecule has 5 heteroatoms. The summed E-state index contributed by atoms with van der Waals surface area (Å²) in [5, 5.41) is 10.3. The molecule has 0 aliphatic heterocycles. The first-order valence-electron chi connectivity index (χ1n) is 29.3. The lowest BCUT2D eigenvalue weighted by atomic mass is 9.76. The molecule has 0 radical (unpaired) electrons. The van der Waals surface area contributed by atoms with Crippen molar-refractivity contribution in [1.29, 1.82) is 0 Å². The number of hydrogen-bond donors (Lipinski definition) is 0. The Hall–Kier alpha value is -9.06. The van der Waals surface area contributed by atoms with Crippen molar-refractivity contribution in [3.8, 4) is 0 Å². The van der Waals surface area contributed by atoms with E-state index in [-0.39, 0.29) is 10.8 Å². The average molecular weight is 1070 g/mol. The maximum absolute atomic E-state index is 6.95. The molecule has 0 saturated heterocycles. The highest BCUT2D eigenvalue weighted by Crippen LogP contribution is 2.46. The van der Waals surface area contributed by atoms with Gasteiger partial charge < -0.3 is 23.1 Å². The Bertz CT molecular complexity index is 4740. The van der Waals surface area contributed by atoms with Gasteiger partial charge in [0.1, 0.15) is 33.7 Å². The fraction of sp³-hybridized carbons (Fsp3) is 0.195. The second kappa shape index (κ2) is 19.0. The highest BCUT2D eigenvalue weighted by Gasteiger charge is 2.26. The molecule has 12 aromatic rings. The third-order valence-electron chi connectivity index (χ3n) is 18.0. The van der Waals surface area contributed by atoms with Crippen molar-refractivity contribution < 1.29 is 13.3 Å². The van der Waals surface area contributed by atoms with Crippen molar-refractivity contribution in [2.45, 2.75) is 86.0 Å². The summed E-state index contributed by atoms with van der Waals surface area (Å²) in [5.74, 6) is 1.51. The van der Waals surface area contributed by atoms with Crippen LogP contribution in [0.4, 0.5) is 28.4 Å². The van der Waals surface area contributed by atoms with Crippen molar-refractivity contribution in [2.24, 2.45) is 11.3 Å². The monoisotopic (exact) mass is 1070 g/mol. The van der Waals surface area contributed by atoms with E-state index >= 15 is 0 Å². The molecule has 3 aliphatic rings. The standard InChI is InChI=1S/C77H66N2O3/c1-47-66-46-75-68(42-53(66)25-39-69(47)79(61-36-38-65-63-13-9-11-15-71(63)81-74(65)45-61)58-32-22-51(23-33-58)49-18-28-56(29-19-49)77(5,6)7)67-41-52-24-34-59(40-54(52)43-72(67)82-75)78(60-35-37-64-62-12-8-10-14-70(62)80-73(64)44-60)57-30-20-50(21-31-57)48-16-26-55(27-17-48)76(2,3)4/h8,10-12,14-20,22-28,30,32-46,56H,9,13,21,29,31H2,1-7H3. The van der Waals surface area contributed by atoms with E-state index in [4.69, 9.17) is 13.3 Å². The number of hydrogen-bond acceptors (Lipinski definition) is 5. The van der Waals surface area contributed by atoms with Gasteiger partial charge >= 0.3 is 0 Å². The lowest BCUT2D eigenvalue weighted by Crippen LogP contribution is -2.19. The van der Waals surface area contributed by atoms with Crippen LogP contribution in [-0.4, -0.2) is 0 Å². The van der Waals surface area contributed by atoms with Gasteiger partial charge in [-0.1, -0.05) is 139 Å². The SMILES string of the molecule is Cc1c(N(c2ccc(C3=CCC(C(C)(C)C)C=C3)cc2)c2ccc3c4c(oc3c2)C=CCC4)ccc2cc3c(cc12)oc1cc2cc(N(C4=CC=C(c5ccc(C(C)(C)C)cc5)CC4)c4ccc5c(c4)oc4ccccc45)ccc2cc13. The molecule has 3 aliphatic carbocycles. The van der Waals surface area contributed by atoms with E-state index in [0.29, 0.717) is 5.92 Å². The normalized spacial score (nSPS) is 15.7. The molecular weight excluding hydrogens is 1000 g/mol. The van der Waals surface area contributed by atoms with Gasteiger partial charge in [-0.3, -0.25) is 0 Å². The zero-order valence-electron chi connectivity index (χ0n) is 47.9. The molecule has 0 spiro atoms. The number of benzene rings is 9. The Morgan fingerprint density at radius 2 is 1.13 bits per heavy atom. The number of nitrogens with zero attached hydrogens (tertiary/aromatic N) is 2. The van der Waals surface area contributed by atoms with Gasteiger partial charge in [0.2, 0.25) is 0 Å². The maximum atomic E-state index is 6.95. The van der Waals surface area contributed by atoms with Crippen LogP contribution in [0, 0.1) is 18.3 Å². The second-order valence-electron chi connectivity index (χ2n) is 25.2. The zero-order valence-corrected chi connectivity index (χ0v) is 47.9. The highest BCUT2D eigenvalue weighted by atomic mass is 16.3. The molecule has 3 heterocycles. The third-order valence-corrected chi connectivity index (χ3v) is 18.0. The van der Waals surface area contributed by atoms with E-state index in [9.17, 15) is 0 Å². The van der Waals surface area contributed by atoms with Gasteiger partial charge in [0.15, 0.2) is 0 Å². The summed E-state index contributed by atoms with van der Waals surface area (Å²) in [7, 11) is 0. The Morgan fingerprint density at radius 1 is 0.476 bits per heavy atom. The fourth-order valence-electron chi connectivity index (χ4n) is 13.2. The van der Waals surface area contributed by atoms with Crippen LogP contribution >= 0.6 is 0 Å². The molecule has 3 aromatic heterocycles. The van der Waals surface area contributed by atoms with E-state index in [1.165, 1.54) is 55.4 Å². The largest absolute Gasteiger partial charge is 0.456 e. The molecule has 0 fully saturated rings. The van der Waals surface area contributed by atoms with E-state index in [1.807, 2.05) is 6.07 Å². The van der Waals surface area contributed by atoms with Crippen molar-refractivity contribution in [3.05, 3.63) is 240 Å². The average Bonchev–Trinajstić information content (AvgIpc) is 3.19. The number of fused-ring (bicyclic) bond motifs is 11. The molecule has 5 nitrogen and oxygen atoms in total. The number of allylic oxidation sites excluding steroid dienone is 9. The smallest absolute Gasteiger partial charge is 0.137 e. The van der Waals surface area contributed by atoms with Crippen LogP contribution in [0.25, 0.3) is 93.6 Å². The second-order valence-corrected chi connectivity index (χ2v) is 25.2. The Balaban J connectivity index is 0.810. The summed E-state index contributed by atoms with van der Waals surface area (Å²) in [5.41, 5.74) is 20.4. The van der Waals surface area contributed by atoms with Crippen LogP contribution in [0.1, 0.15) is 101 Å². The van der Waals surface area contributed by atoms with Crippen LogP contribution in [0.5, 0.6) is 0 Å². The summed E-state index contributed by atoms with van der Waals surface area (Å²) in [6.07, 6.45) is 21.0. The van der Waals surface area contributed by atoms with Crippen LogP contribution < -0.4 is 9.80 Å². The van der Waals surface area contributed by atoms with Crippen LogP contribution in [0.3, 0.4) is 0 Å². The number of anilines is 5. The summed E-state index contributed by atoms with van der Waals surface area (Å²) in [6.45, 7) is 16.1. The number of aryl methyl sites for hydroxylation is 2. The Morgan fingerprint density at radius 3 is 1.89 bits per heavy atom. The molecule has 0 saturated carbocycles. The van der Waals surface area contributed by atoms with Gasteiger partial charge in [-0.25, -0.2) is 0 Å². The minimum absolute atomic E-state index is 0.111. The van der Waals surface area contributed by atoms with Crippen molar-refractivity contribution >= 4 is 122 Å². The quantitative estimate of drug-likeness (QED) is 0.152. The first-order chi connectivity index (χ1) is 39.8. The first-order valence-corrected chi connectivity index (χ1v) is 29.3.